The lowest BCUT2D eigenvalue weighted by Crippen LogP contribution is -2.08. The van der Waals surface area contributed by atoms with Gasteiger partial charge in [-0.3, -0.25) is 9.78 Å². The van der Waals surface area contributed by atoms with Crippen molar-refractivity contribution in [1.29, 1.82) is 0 Å². The Morgan fingerprint density at radius 1 is 1.27 bits per heavy atom. The molecule has 3 aromatic rings. The van der Waals surface area contributed by atoms with Gasteiger partial charge in [0.15, 0.2) is 5.69 Å². The SMILES string of the molecule is O=C(O)c1nn(Cc2ccccc2)c2c1CCc1[nH]ncc1-2. The molecule has 0 amide bonds. The summed E-state index contributed by atoms with van der Waals surface area (Å²) in [5, 5.41) is 20.8. The van der Waals surface area contributed by atoms with E-state index < -0.39 is 5.97 Å². The fourth-order valence-electron chi connectivity index (χ4n) is 3.04. The van der Waals surface area contributed by atoms with Crippen LogP contribution in [0.1, 0.15) is 27.3 Å². The number of fused-ring (bicyclic) bond motifs is 3. The molecule has 2 aromatic heterocycles. The summed E-state index contributed by atoms with van der Waals surface area (Å²) in [4.78, 5) is 11.5. The van der Waals surface area contributed by atoms with Gasteiger partial charge in [0, 0.05) is 16.8 Å². The highest BCUT2D eigenvalue weighted by Gasteiger charge is 2.29. The largest absolute Gasteiger partial charge is 0.476 e. The smallest absolute Gasteiger partial charge is 0.356 e. The molecule has 22 heavy (non-hydrogen) atoms. The van der Waals surface area contributed by atoms with Crippen molar-refractivity contribution < 1.29 is 9.90 Å². The second-order valence-electron chi connectivity index (χ2n) is 5.39. The lowest BCUT2D eigenvalue weighted by molar-refractivity contribution is 0.0688. The first-order chi connectivity index (χ1) is 10.7. The van der Waals surface area contributed by atoms with Crippen LogP contribution in [0.3, 0.4) is 0 Å². The lowest BCUT2D eigenvalue weighted by atomic mass is 9.94. The van der Waals surface area contributed by atoms with Crippen molar-refractivity contribution in [3.05, 3.63) is 59.0 Å². The van der Waals surface area contributed by atoms with Gasteiger partial charge < -0.3 is 5.11 Å². The van der Waals surface area contributed by atoms with Crippen LogP contribution in [0.5, 0.6) is 0 Å². The third-order valence-electron chi connectivity index (χ3n) is 4.03. The Morgan fingerprint density at radius 2 is 2.09 bits per heavy atom. The molecule has 0 radical (unpaired) electrons. The minimum atomic E-state index is -0.977. The van der Waals surface area contributed by atoms with Crippen LogP contribution in [-0.2, 0) is 19.4 Å². The van der Waals surface area contributed by atoms with E-state index in [-0.39, 0.29) is 5.69 Å². The Labute approximate surface area is 126 Å². The molecule has 0 saturated heterocycles. The monoisotopic (exact) mass is 294 g/mol. The molecule has 0 spiro atoms. The normalized spacial score (nSPS) is 12.7. The summed E-state index contributed by atoms with van der Waals surface area (Å²) in [7, 11) is 0. The highest BCUT2D eigenvalue weighted by Crippen LogP contribution is 2.34. The summed E-state index contributed by atoms with van der Waals surface area (Å²) in [6.45, 7) is 0.543. The van der Waals surface area contributed by atoms with E-state index in [9.17, 15) is 9.90 Å². The standard InChI is InChI=1S/C16H14N4O2/c21-16(22)14-11-6-7-13-12(8-17-18-13)15(11)20(19-14)9-10-4-2-1-3-5-10/h1-5,8H,6-7,9H2,(H,17,18)(H,21,22). The number of rotatable bonds is 3. The number of carbonyl (C=O) groups is 1. The van der Waals surface area contributed by atoms with Gasteiger partial charge in [0.2, 0.25) is 0 Å². The van der Waals surface area contributed by atoms with Crippen molar-refractivity contribution in [2.45, 2.75) is 19.4 Å². The first-order valence-corrected chi connectivity index (χ1v) is 7.13. The number of nitrogens with one attached hydrogen (secondary N) is 1. The van der Waals surface area contributed by atoms with E-state index in [4.69, 9.17) is 0 Å². The van der Waals surface area contributed by atoms with Crippen molar-refractivity contribution in [1.82, 2.24) is 20.0 Å². The van der Waals surface area contributed by atoms with Gasteiger partial charge >= 0.3 is 5.97 Å². The Hall–Kier alpha value is -2.89. The van der Waals surface area contributed by atoms with E-state index in [1.807, 2.05) is 30.3 Å². The maximum atomic E-state index is 11.5. The molecule has 0 fully saturated rings. The number of aryl methyl sites for hydroxylation is 1. The zero-order chi connectivity index (χ0) is 15.1. The maximum Gasteiger partial charge on any atom is 0.356 e. The summed E-state index contributed by atoms with van der Waals surface area (Å²) in [6.07, 6.45) is 3.18. The number of carboxylic acid groups (broad SMARTS) is 1. The van der Waals surface area contributed by atoms with Crippen LogP contribution in [0.25, 0.3) is 11.3 Å². The van der Waals surface area contributed by atoms with Gasteiger partial charge in [-0.15, -0.1) is 0 Å². The average molecular weight is 294 g/mol. The molecule has 1 aliphatic rings. The van der Waals surface area contributed by atoms with Crippen LogP contribution in [0, 0.1) is 0 Å². The molecule has 6 heteroatoms. The number of hydrogen-bond donors (Lipinski definition) is 2. The number of nitrogens with zero attached hydrogens (tertiary/aromatic N) is 3. The Bertz CT molecular complexity index is 848. The van der Waals surface area contributed by atoms with E-state index in [2.05, 4.69) is 15.3 Å². The quantitative estimate of drug-likeness (QED) is 0.775. The average Bonchev–Trinajstić information content (AvgIpc) is 3.12. The van der Waals surface area contributed by atoms with Gasteiger partial charge in [-0.25, -0.2) is 4.79 Å². The van der Waals surface area contributed by atoms with Gasteiger partial charge in [-0.2, -0.15) is 10.2 Å². The van der Waals surface area contributed by atoms with E-state index in [0.29, 0.717) is 13.0 Å². The number of aromatic carboxylic acids is 1. The highest BCUT2D eigenvalue weighted by atomic mass is 16.4. The number of benzene rings is 1. The second-order valence-corrected chi connectivity index (χ2v) is 5.39. The predicted octanol–water partition coefficient (Wildman–Crippen LogP) is 2.12. The first kappa shape index (κ1) is 12.8. The summed E-state index contributed by atoms with van der Waals surface area (Å²) in [6, 6.07) is 9.90. The summed E-state index contributed by atoms with van der Waals surface area (Å²) < 4.78 is 1.78. The lowest BCUT2D eigenvalue weighted by Gasteiger charge is -2.14. The topological polar surface area (TPSA) is 83.8 Å². The van der Waals surface area contributed by atoms with Gasteiger partial charge in [-0.1, -0.05) is 30.3 Å². The molecular weight excluding hydrogens is 280 g/mol. The van der Waals surface area contributed by atoms with Crippen LogP contribution in [0.15, 0.2) is 36.5 Å². The molecular formula is C16H14N4O2. The van der Waals surface area contributed by atoms with E-state index >= 15 is 0 Å². The van der Waals surface area contributed by atoms with E-state index in [0.717, 1.165) is 34.5 Å². The third kappa shape index (κ3) is 1.92. The number of hydrogen-bond acceptors (Lipinski definition) is 3. The fourth-order valence-corrected chi connectivity index (χ4v) is 3.04. The third-order valence-corrected chi connectivity index (χ3v) is 4.03. The molecule has 1 aliphatic carbocycles. The van der Waals surface area contributed by atoms with Gasteiger partial charge in [0.1, 0.15) is 0 Å². The Balaban J connectivity index is 1.88. The van der Waals surface area contributed by atoms with Crippen molar-refractivity contribution in [3.63, 3.8) is 0 Å². The Kier molecular flexibility index (Phi) is 2.82. The van der Waals surface area contributed by atoms with Crippen LogP contribution in [0.2, 0.25) is 0 Å². The summed E-state index contributed by atoms with van der Waals surface area (Å²) >= 11 is 0. The molecule has 0 aliphatic heterocycles. The van der Waals surface area contributed by atoms with Gasteiger partial charge in [0.25, 0.3) is 0 Å². The number of aromatic amines is 1. The molecule has 0 saturated carbocycles. The number of aromatic nitrogens is 4. The predicted molar refractivity (Wildman–Crippen MR) is 79.7 cm³/mol. The van der Waals surface area contributed by atoms with Crippen molar-refractivity contribution >= 4 is 5.97 Å². The van der Waals surface area contributed by atoms with Gasteiger partial charge in [-0.05, 0) is 18.4 Å². The van der Waals surface area contributed by atoms with E-state index in [1.54, 1.807) is 10.9 Å². The minimum Gasteiger partial charge on any atom is -0.476 e. The minimum absolute atomic E-state index is 0.151. The maximum absolute atomic E-state index is 11.5. The molecule has 0 atom stereocenters. The molecule has 110 valence electrons. The van der Waals surface area contributed by atoms with Crippen LogP contribution in [0.4, 0.5) is 0 Å². The second kappa shape index (κ2) is 4.84. The number of carboxylic acids is 1. The van der Waals surface area contributed by atoms with Crippen LogP contribution >= 0.6 is 0 Å². The molecule has 0 bridgehead atoms. The Morgan fingerprint density at radius 3 is 2.86 bits per heavy atom. The van der Waals surface area contributed by atoms with E-state index in [1.165, 1.54) is 0 Å². The van der Waals surface area contributed by atoms with Gasteiger partial charge in [0.05, 0.1) is 18.4 Å². The molecule has 0 unspecified atom stereocenters. The van der Waals surface area contributed by atoms with Crippen LogP contribution < -0.4 is 0 Å². The number of H-pyrrole nitrogens is 1. The summed E-state index contributed by atoms with van der Waals surface area (Å²) in [5.41, 5.74) is 4.91. The first-order valence-electron chi connectivity index (χ1n) is 7.13. The molecule has 6 nitrogen and oxygen atoms in total. The van der Waals surface area contributed by atoms with Crippen molar-refractivity contribution in [2.75, 3.05) is 0 Å². The zero-order valence-electron chi connectivity index (χ0n) is 11.8. The molecule has 1 aromatic carbocycles. The van der Waals surface area contributed by atoms with Crippen molar-refractivity contribution in [3.8, 4) is 11.3 Å². The highest BCUT2D eigenvalue weighted by molar-refractivity contribution is 5.90. The summed E-state index contributed by atoms with van der Waals surface area (Å²) in [5.74, 6) is -0.977. The molecule has 2 N–H and O–H groups in total. The fraction of sp³-hybridized carbons (Fsp3) is 0.188. The molecule has 4 rings (SSSR count). The van der Waals surface area contributed by atoms with Crippen LogP contribution in [-0.4, -0.2) is 31.1 Å². The zero-order valence-corrected chi connectivity index (χ0v) is 11.8. The van der Waals surface area contributed by atoms with Crippen molar-refractivity contribution in [2.24, 2.45) is 0 Å². The molecule has 2 heterocycles.